The lowest BCUT2D eigenvalue weighted by Crippen LogP contribution is -2.08. The highest BCUT2D eigenvalue weighted by molar-refractivity contribution is 7.12. The van der Waals surface area contributed by atoms with E-state index in [0.717, 1.165) is 4.88 Å². The molecule has 1 aromatic heterocycles. The molecule has 1 aromatic carbocycles. The van der Waals surface area contributed by atoms with Gasteiger partial charge in [0.2, 0.25) is 0 Å². The predicted octanol–water partition coefficient (Wildman–Crippen LogP) is 4.54. The summed E-state index contributed by atoms with van der Waals surface area (Å²) in [5.41, 5.74) is -0.628. The summed E-state index contributed by atoms with van der Waals surface area (Å²) >= 11 is 1.29. The van der Waals surface area contributed by atoms with Gasteiger partial charge in [-0.1, -0.05) is 20.8 Å². The van der Waals surface area contributed by atoms with Gasteiger partial charge in [-0.05, 0) is 17.5 Å². The van der Waals surface area contributed by atoms with Crippen molar-refractivity contribution in [1.82, 2.24) is 0 Å². The number of thiophene rings is 1. The minimum absolute atomic E-state index is 0.109. The molecule has 20 heavy (non-hydrogen) atoms. The molecule has 0 fully saturated rings. The quantitative estimate of drug-likeness (QED) is 0.863. The third kappa shape index (κ3) is 2.88. The normalized spacial score (nSPS) is 13.6. The van der Waals surface area contributed by atoms with Gasteiger partial charge in [-0.2, -0.15) is 0 Å². The molecule has 0 amide bonds. The summed E-state index contributed by atoms with van der Waals surface area (Å²) in [5, 5.41) is 10.1. The smallest absolute Gasteiger partial charge is 0.135 e. The Balaban J connectivity index is 2.42. The van der Waals surface area contributed by atoms with Crippen LogP contribution >= 0.6 is 11.3 Å². The zero-order chi connectivity index (χ0) is 15.1. The van der Waals surface area contributed by atoms with Crippen LogP contribution in [0.4, 0.5) is 13.2 Å². The van der Waals surface area contributed by atoms with E-state index in [1.807, 2.05) is 26.8 Å². The highest BCUT2D eigenvalue weighted by atomic mass is 32.1. The average Bonchev–Trinajstić information content (AvgIpc) is 2.75. The van der Waals surface area contributed by atoms with Gasteiger partial charge < -0.3 is 5.11 Å². The second kappa shape index (κ2) is 5.22. The van der Waals surface area contributed by atoms with E-state index in [4.69, 9.17) is 0 Å². The van der Waals surface area contributed by atoms with E-state index in [1.165, 1.54) is 11.3 Å². The molecule has 0 spiro atoms. The van der Waals surface area contributed by atoms with Gasteiger partial charge in [-0.3, -0.25) is 0 Å². The zero-order valence-electron chi connectivity index (χ0n) is 11.4. The molecule has 0 aliphatic heterocycles. The van der Waals surface area contributed by atoms with E-state index in [2.05, 4.69) is 0 Å². The molecular weight excluding hydrogens is 285 g/mol. The number of hydrogen-bond donors (Lipinski definition) is 1. The van der Waals surface area contributed by atoms with Crippen LogP contribution < -0.4 is 0 Å². The largest absolute Gasteiger partial charge is 0.383 e. The van der Waals surface area contributed by atoms with Crippen LogP contribution in [0.25, 0.3) is 0 Å². The van der Waals surface area contributed by atoms with E-state index in [1.54, 1.807) is 6.07 Å². The lowest BCUT2D eigenvalue weighted by atomic mass is 9.95. The summed E-state index contributed by atoms with van der Waals surface area (Å²) < 4.78 is 40.2. The molecule has 2 aromatic rings. The topological polar surface area (TPSA) is 20.2 Å². The molecule has 0 radical (unpaired) electrons. The second-order valence-corrected chi connectivity index (χ2v) is 6.75. The number of aliphatic hydroxyl groups is 1. The lowest BCUT2D eigenvalue weighted by Gasteiger charge is -2.16. The molecule has 0 aliphatic rings. The van der Waals surface area contributed by atoms with Crippen molar-refractivity contribution in [3.05, 3.63) is 57.0 Å². The van der Waals surface area contributed by atoms with Gasteiger partial charge in [0.1, 0.15) is 23.6 Å². The van der Waals surface area contributed by atoms with Crippen molar-refractivity contribution in [3.8, 4) is 0 Å². The molecule has 1 atom stereocenters. The minimum Gasteiger partial charge on any atom is -0.383 e. The number of rotatable bonds is 2. The first kappa shape index (κ1) is 15.1. The van der Waals surface area contributed by atoms with Crippen molar-refractivity contribution in [2.75, 3.05) is 0 Å². The summed E-state index contributed by atoms with van der Waals surface area (Å²) in [4.78, 5) is 1.42. The van der Waals surface area contributed by atoms with Crippen LogP contribution in [0.2, 0.25) is 0 Å². The third-order valence-corrected chi connectivity index (χ3v) is 4.52. The second-order valence-electron chi connectivity index (χ2n) is 5.64. The molecule has 108 valence electrons. The molecule has 1 unspecified atom stereocenters. The molecule has 2 rings (SSSR count). The Hall–Kier alpha value is -1.33. The standard InChI is InChI=1S/C15H15F3OS/c1-15(2,3)12-5-4-11(20-12)14(19)13-9(17)6-8(16)7-10(13)18/h4-7,14,19H,1-3H3. The number of halogens is 3. The summed E-state index contributed by atoms with van der Waals surface area (Å²) in [6, 6.07) is 4.60. The summed E-state index contributed by atoms with van der Waals surface area (Å²) in [6.45, 7) is 6.02. The molecule has 0 saturated heterocycles. The molecule has 5 heteroatoms. The molecule has 1 nitrogen and oxygen atoms in total. The first-order valence-electron chi connectivity index (χ1n) is 6.13. The minimum atomic E-state index is -1.43. The monoisotopic (exact) mass is 300 g/mol. The van der Waals surface area contributed by atoms with Crippen molar-refractivity contribution >= 4 is 11.3 Å². The van der Waals surface area contributed by atoms with Gasteiger partial charge in [0.15, 0.2) is 0 Å². The highest BCUT2D eigenvalue weighted by Crippen LogP contribution is 2.36. The van der Waals surface area contributed by atoms with Gasteiger partial charge in [-0.25, -0.2) is 13.2 Å². The zero-order valence-corrected chi connectivity index (χ0v) is 12.2. The van der Waals surface area contributed by atoms with Crippen LogP contribution in [0.3, 0.4) is 0 Å². The number of benzene rings is 1. The summed E-state index contributed by atoms with van der Waals surface area (Å²) in [6.07, 6.45) is -1.43. The van der Waals surface area contributed by atoms with Crippen molar-refractivity contribution in [2.45, 2.75) is 32.3 Å². The fourth-order valence-corrected chi connectivity index (χ4v) is 2.92. The summed E-state index contributed by atoms with van der Waals surface area (Å²) in [7, 11) is 0. The Labute approximate surface area is 119 Å². The van der Waals surface area contributed by atoms with Gasteiger partial charge in [0.25, 0.3) is 0 Å². The Bertz CT molecular complexity index is 605. The molecule has 0 bridgehead atoms. The maximum absolute atomic E-state index is 13.7. The van der Waals surface area contributed by atoms with Crippen LogP contribution in [0.5, 0.6) is 0 Å². The maximum atomic E-state index is 13.7. The van der Waals surface area contributed by atoms with E-state index in [9.17, 15) is 18.3 Å². The van der Waals surface area contributed by atoms with Crippen molar-refractivity contribution < 1.29 is 18.3 Å². The molecule has 0 saturated carbocycles. The van der Waals surface area contributed by atoms with Crippen LogP contribution in [0.15, 0.2) is 24.3 Å². The SMILES string of the molecule is CC(C)(C)c1ccc(C(O)c2c(F)cc(F)cc2F)s1. The van der Waals surface area contributed by atoms with Crippen LogP contribution in [0.1, 0.15) is 42.2 Å². The van der Waals surface area contributed by atoms with Crippen molar-refractivity contribution in [1.29, 1.82) is 0 Å². The summed E-state index contributed by atoms with van der Waals surface area (Å²) in [5.74, 6) is -3.17. The molecule has 1 N–H and O–H groups in total. The first-order chi connectivity index (χ1) is 9.20. The fourth-order valence-electron chi connectivity index (χ4n) is 1.86. The third-order valence-electron chi connectivity index (χ3n) is 2.95. The van der Waals surface area contributed by atoms with E-state index >= 15 is 0 Å². The maximum Gasteiger partial charge on any atom is 0.135 e. The van der Waals surface area contributed by atoms with E-state index in [0.29, 0.717) is 17.0 Å². The first-order valence-corrected chi connectivity index (χ1v) is 6.94. The lowest BCUT2D eigenvalue weighted by molar-refractivity contribution is 0.212. The average molecular weight is 300 g/mol. The van der Waals surface area contributed by atoms with Crippen LogP contribution in [-0.4, -0.2) is 5.11 Å². The highest BCUT2D eigenvalue weighted by Gasteiger charge is 2.24. The van der Waals surface area contributed by atoms with Crippen LogP contribution in [0, 0.1) is 17.5 Å². The van der Waals surface area contributed by atoms with Gasteiger partial charge in [0.05, 0.1) is 5.56 Å². The Morgan fingerprint density at radius 1 is 1.05 bits per heavy atom. The Morgan fingerprint density at radius 2 is 1.60 bits per heavy atom. The van der Waals surface area contributed by atoms with Gasteiger partial charge >= 0.3 is 0 Å². The molecular formula is C15H15F3OS. The molecule has 0 aliphatic carbocycles. The van der Waals surface area contributed by atoms with Crippen LogP contribution in [-0.2, 0) is 5.41 Å². The van der Waals surface area contributed by atoms with Gasteiger partial charge in [-0.15, -0.1) is 11.3 Å². The molecule has 1 heterocycles. The van der Waals surface area contributed by atoms with Gasteiger partial charge in [0, 0.05) is 21.9 Å². The van der Waals surface area contributed by atoms with E-state index < -0.39 is 29.1 Å². The fraction of sp³-hybridized carbons (Fsp3) is 0.333. The predicted molar refractivity (Wildman–Crippen MR) is 73.4 cm³/mol. The number of aliphatic hydroxyl groups excluding tert-OH is 1. The van der Waals surface area contributed by atoms with E-state index in [-0.39, 0.29) is 5.41 Å². The Kier molecular flexibility index (Phi) is 3.93. The van der Waals surface area contributed by atoms with Crippen molar-refractivity contribution in [3.63, 3.8) is 0 Å². The number of hydrogen-bond acceptors (Lipinski definition) is 2. The van der Waals surface area contributed by atoms with Crippen molar-refractivity contribution in [2.24, 2.45) is 0 Å². The Morgan fingerprint density at radius 3 is 2.05 bits per heavy atom.